The quantitative estimate of drug-likeness (QED) is 0.237. The Balaban J connectivity index is 1.47. The van der Waals surface area contributed by atoms with E-state index in [0.717, 1.165) is 17.5 Å². The third-order valence-corrected chi connectivity index (χ3v) is 9.09. The number of hydrogen-bond acceptors (Lipinski definition) is 7. The van der Waals surface area contributed by atoms with Crippen LogP contribution in [0, 0.1) is 5.82 Å². The third-order valence-electron chi connectivity index (χ3n) is 9.09. The van der Waals surface area contributed by atoms with Crippen molar-refractivity contribution in [2.24, 2.45) is 0 Å². The van der Waals surface area contributed by atoms with Gasteiger partial charge in [0.25, 0.3) is 17.7 Å². The number of benzene rings is 4. The molecule has 0 saturated heterocycles. The van der Waals surface area contributed by atoms with E-state index in [1.807, 2.05) is 0 Å². The summed E-state index contributed by atoms with van der Waals surface area (Å²) in [5.41, 5.74) is 15.5. The molecule has 10 nitrogen and oxygen atoms in total. The van der Waals surface area contributed by atoms with Crippen molar-refractivity contribution in [3.63, 3.8) is 0 Å². The second-order valence-electron chi connectivity index (χ2n) is 11.3. The SMILES string of the molecule is Nc1ccc2c3c1CCCc1c(N)ccc(c1O3)C21c2cccc(F)c2C(=O)N1c1ccc2c(c1)C(=O)N(CC(=O)O)C2=O. The molecule has 0 radical (unpaired) electrons. The molecule has 218 valence electrons. The first-order valence-corrected chi connectivity index (χ1v) is 14.0. The number of hydrogen-bond donors (Lipinski definition) is 3. The zero-order valence-electron chi connectivity index (χ0n) is 23.0. The van der Waals surface area contributed by atoms with E-state index in [1.54, 1.807) is 36.4 Å². The lowest BCUT2D eigenvalue weighted by Gasteiger charge is -2.45. The second kappa shape index (κ2) is 8.66. The Bertz CT molecular complexity index is 2000. The number of nitrogen functional groups attached to an aromatic ring is 2. The number of rotatable bonds is 3. The average Bonchev–Trinajstić information content (AvgIpc) is 3.37. The lowest BCUT2D eigenvalue weighted by atomic mass is 9.72. The zero-order chi connectivity index (χ0) is 30.7. The molecule has 0 aliphatic carbocycles. The van der Waals surface area contributed by atoms with Crippen molar-refractivity contribution in [3.05, 3.63) is 111 Å². The van der Waals surface area contributed by atoms with Crippen LogP contribution in [0.25, 0.3) is 0 Å². The van der Waals surface area contributed by atoms with Gasteiger partial charge in [-0.25, -0.2) is 4.39 Å². The fourth-order valence-corrected chi connectivity index (χ4v) is 7.26. The molecule has 0 aromatic heterocycles. The Hall–Kier alpha value is -5.71. The first-order valence-electron chi connectivity index (χ1n) is 14.0. The summed E-state index contributed by atoms with van der Waals surface area (Å²) < 4.78 is 22.3. The van der Waals surface area contributed by atoms with E-state index in [9.17, 15) is 24.3 Å². The molecule has 4 aromatic rings. The molecular formula is C33H23FN4O6. The number of ether oxygens (including phenoxy) is 1. The van der Waals surface area contributed by atoms with Gasteiger partial charge in [0.1, 0.15) is 29.4 Å². The predicted octanol–water partition coefficient (Wildman–Crippen LogP) is 4.22. The molecule has 0 unspecified atom stereocenters. The van der Waals surface area contributed by atoms with Crippen LogP contribution >= 0.6 is 0 Å². The maximum Gasteiger partial charge on any atom is 0.323 e. The van der Waals surface area contributed by atoms with Crippen molar-refractivity contribution >= 4 is 40.8 Å². The molecule has 4 heterocycles. The van der Waals surface area contributed by atoms with Crippen LogP contribution in [-0.2, 0) is 23.2 Å². The number of halogens is 1. The van der Waals surface area contributed by atoms with Crippen LogP contribution in [0.4, 0.5) is 21.5 Å². The Kier molecular flexibility index (Phi) is 5.11. The van der Waals surface area contributed by atoms with Crippen LogP contribution in [0.5, 0.6) is 11.5 Å². The highest BCUT2D eigenvalue weighted by Gasteiger charge is 2.59. The number of amides is 3. The van der Waals surface area contributed by atoms with Gasteiger partial charge >= 0.3 is 5.97 Å². The minimum absolute atomic E-state index is 0.0108. The van der Waals surface area contributed by atoms with Crippen LogP contribution < -0.4 is 21.1 Å². The number of imide groups is 1. The number of fused-ring (bicyclic) bond motifs is 5. The van der Waals surface area contributed by atoms with Crippen LogP contribution in [0.1, 0.15) is 65.3 Å². The third kappa shape index (κ3) is 3.07. The van der Waals surface area contributed by atoms with E-state index >= 15 is 4.39 Å². The molecule has 5 N–H and O–H groups in total. The lowest BCUT2D eigenvalue weighted by molar-refractivity contribution is -0.137. The number of carbonyl (C=O) groups is 4. The maximum absolute atomic E-state index is 15.7. The van der Waals surface area contributed by atoms with Crippen LogP contribution in [0.3, 0.4) is 0 Å². The second-order valence-corrected chi connectivity index (χ2v) is 11.3. The zero-order valence-corrected chi connectivity index (χ0v) is 23.0. The van der Waals surface area contributed by atoms with Gasteiger partial charge in [0.05, 0.1) is 16.7 Å². The lowest BCUT2D eigenvalue weighted by Crippen LogP contribution is -2.48. The largest absolute Gasteiger partial charge is 0.480 e. The highest BCUT2D eigenvalue weighted by atomic mass is 19.1. The van der Waals surface area contributed by atoms with Crippen LogP contribution in [0.15, 0.2) is 60.7 Å². The topological polar surface area (TPSA) is 156 Å². The summed E-state index contributed by atoms with van der Waals surface area (Å²) >= 11 is 0. The van der Waals surface area contributed by atoms with Gasteiger partial charge in [0, 0.05) is 44.9 Å². The summed E-state index contributed by atoms with van der Waals surface area (Å²) in [6.07, 6.45) is 1.90. The van der Waals surface area contributed by atoms with Gasteiger partial charge in [-0.2, -0.15) is 0 Å². The molecular weight excluding hydrogens is 567 g/mol. The van der Waals surface area contributed by atoms with Crippen LogP contribution in [-0.4, -0.2) is 40.2 Å². The number of anilines is 3. The molecule has 0 saturated carbocycles. The molecule has 4 aromatic carbocycles. The highest BCUT2D eigenvalue weighted by Crippen LogP contribution is 2.61. The van der Waals surface area contributed by atoms with E-state index in [-0.39, 0.29) is 22.4 Å². The first-order chi connectivity index (χ1) is 21.1. The number of nitrogens with zero attached hydrogens (tertiary/aromatic N) is 2. The predicted molar refractivity (Wildman–Crippen MR) is 156 cm³/mol. The maximum atomic E-state index is 15.7. The van der Waals surface area contributed by atoms with Crippen molar-refractivity contribution in [2.75, 3.05) is 22.9 Å². The number of nitrogens with two attached hydrogens (primary N) is 2. The Morgan fingerprint density at radius 3 is 2.11 bits per heavy atom. The van der Waals surface area contributed by atoms with E-state index in [2.05, 4.69) is 0 Å². The summed E-state index contributed by atoms with van der Waals surface area (Å²) in [6.45, 7) is -0.808. The van der Waals surface area contributed by atoms with Gasteiger partial charge in [0.15, 0.2) is 0 Å². The minimum atomic E-state index is -1.47. The summed E-state index contributed by atoms with van der Waals surface area (Å²) in [5, 5.41) is 9.27. The molecule has 8 rings (SSSR count). The van der Waals surface area contributed by atoms with E-state index in [0.29, 0.717) is 57.3 Å². The van der Waals surface area contributed by atoms with Crippen molar-refractivity contribution in [1.82, 2.24) is 4.90 Å². The summed E-state index contributed by atoms with van der Waals surface area (Å²) in [7, 11) is 0. The number of carboxylic acids is 1. The highest BCUT2D eigenvalue weighted by molar-refractivity contribution is 6.23. The molecule has 1 spiro atoms. The minimum Gasteiger partial charge on any atom is -0.480 e. The smallest absolute Gasteiger partial charge is 0.323 e. The Labute approximate surface area is 249 Å². The number of carbonyl (C=O) groups excluding carboxylic acids is 3. The Morgan fingerprint density at radius 2 is 1.48 bits per heavy atom. The molecule has 4 aliphatic heterocycles. The van der Waals surface area contributed by atoms with Gasteiger partial charge in [-0.15, -0.1) is 0 Å². The fourth-order valence-electron chi connectivity index (χ4n) is 7.26. The molecule has 44 heavy (non-hydrogen) atoms. The summed E-state index contributed by atoms with van der Waals surface area (Å²) in [6, 6.07) is 15.8. The van der Waals surface area contributed by atoms with Crippen molar-refractivity contribution < 1.29 is 33.4 Å². The normalized spacial score (nSPS) is 16.9. The average molecular weight is 591 g/mol. The van der Waals surface area contributed by atoms with E-state index in [1.165, 1.54) is 29.2 Å². The summed E-state index contributed by atoms with van der Waals surface area (Å²) in [5.74, 6) is -3.36. The van der Waals surface area contributed by atoms with Crippen molar-refractivity contribution in [1.29, 1.82) is 0 Å². The standard InChI is InChI=1S/C33H23FN4O6/c34-23-6-2-5-20-27(23)32(43)38(15-7-8-16-19(13-15)31(42)37(30(16)41)14-26(39)40)33(20)21-9-11-24(35)17-3-1-4-18-25(36)12-10-22(33)29(18)44-28(17)21/h2,5-13H,1,3-4,14,35-36H2,(H,39,40). The molecule has 11 heteroatoms. The monoisotopic (exact) mass is 590 g/mol. The molecule has 3 amide bonds. The van der Waals surface area contributed by atoms with E-state index < -0.39 is 41.6 Å². The van der Waals surface area contributed by atoms with Gasteiger partial charge in [0.2, 0.25) is 0 Å². The molecule has 0 atom stereocenters. The van der Waals surface area contributed by atoms with Crippen molar-refractivity contribution in [2.45, 2.75) is 24.8 Å². The van der Waals surface area contributed by atoms with Crippen molar-refractivity contribution in [3.8, 4) is 11.5 Å². The van der Waals surface area contributed by atoms with E-state index in [4.69, 9.17) is 16.2 Å². The fraction of sp³-hybridized carbons (Fsp3) is 0.152. The molecule has 2 bridgehead atoms. The van der Waals surface area contributed by atoms with Crippen LogP contribution in [0.2, 0.25) is 0 Å². The number of carboxylic acid groups (broad SMARTS) is 1. The summed E-state index contributed by atoms with van der Waals surface area (Å²) in [4.78, 5) is 54.2. The van der Waals surface area contributed by atoms with Gasteiger partial charge in [-0.3, -0.25) is 29.0 Å². The Morgan fingerprint density at radius 1 is 0.841 bits per heavy atom. The van der Waals surface area contributed by atoms with Gasteiger partial charge in [-0.05, 0) is 55.7 Å². The van der Waals surface area contributed by atoms with Gasteiger partial charge in [-0.1, -0.05) is 24.3 Å². The molecule has 0 fully saturated rings. The molecule has 4 aliphatic rings. The number of aliphatic carboxylic acids is 1. The van der Waals surface area contributed by atoms with Gasteiger partial charge < -0.3 is 21.3 Å². The first kappa shape index (κ1) is 26.0.